The van der Waals surface area contributed by atoms with Crippen molar-refractivity contribution in [2.24, 2.45) is 17.8 Å². The molecule has 2 aliphatic rings. The summed E-state index contributed by atoms with van der Waals surface area (Å²) in [4.78, 5) is 2.80. The van der Waals surface area contributed by atoms with Crippen LogP contribution in [0.4, 0.5) is 0 Å². The lowest BCUT2D eigenvalue weighted by Crippen LogP contribution is -2.58. The van der Waals surface area contributed by atoms with Crippen LogP contribution in [0, 0.1) is 17.8 Å². The minimum absolute atomic E-state index is 0.701. The van der Waals surface area contributed by atoms with E-state index >= 15 is 0 Å². The van der Waals surface area contributed by atoms with Crippen LogP contribution in [0.25, 0.3) is 0 Å². The van der Waals surface area contributed by atoms with Gasteiger partial charge in [-0.3, -0.25) is 4.90 Å². The van der Waals surface area contributed by atoms with Crippen LogP contribution in [-0.2, 0) is 0 Å². The molecule has 1 saturated carbocycles. The quantitative estimate of drug-likeness (QED) is 0.827. The highest BCUT2D eigenvalue weighted by atomic mass is 15.2. The predicted octanol–water partition coefficient (Wildman–Crippen LogP) is 3.13. The summed E-state index contributed by atoms with van der Waals surface area (Å²) in [5.41, 5.74) is 0. The Balaban J connectivity index is 1.89. The van der Waals surface area contributed by atoms with Crippen molar-refractivity contribution in [3.8, 4) is 0 Å². The van der Waals surface area contributed by atoms with Crippen molar-refractivity contribution in [2.75, 3.05) is 19.6 Å². The Morgan fingerprint density at radius 2 is 2.06 bits per heavy atom. The number of nitrogens with one attached hydrogen (secondary N) is 1. The van der Waals surface area contributed by atoms with E-state index in [0.717, 1.165) is 23.8 Å². The third-order valence-corrected chi connectivity index (χ3v) is 5.14. The first-order chi connectivity index (χ1) is 8.60. The van der Waals surface area contributed by atoms with Gasteiger partial charge in [0.05, 0.1) is 0 Å². The third-order valence-electron chi connectivity index (χ3n) is 5.14. The minimum Gasteiger partial charge on any atom is -0.311 e. The third kappa shape index (κ3) is 3.48. The Morgan fingerprint density at radius 3 is 2.61 bits per heavy atom. The lowest BCUT2D eigenvalue weighted by molar-refractivity contribution is 0.0930. The number of hydrogen-bond donors (Lipinski definition) is 1. The summed E-state index contributed by atoms with van der Waals surface area (Å²) in [6.45, 7) is 13.3. The molecule has 4 atom stereocenters. The zero-order valence-electron chi connectivity index (χ0n) is 12.8. The summed E-state index contributed by atoms with van der Waals surface area (Å²) < 4.78 is 0. The summed E-state index contributed by atoms with van der Waals surface area (Å²) in [6.07, 6.45) is 5.68. The number of piperazine rings is 1. The van der Waals surface area contributed by atoms with Gasteiger partial charge >= 0.3 is 0 Å². The van der Waals surface area contributed by atoms with Crippen LogP contribution in [0.1, 0.15) is 53.4 Å². The van der Waals surface area contributed by atoms with Crippen molar-refractivity contribution in [3.63, 3.8) is 0 Å². The van der Waals surface area contributed by atoms with Gasteiger partial charge in [0.2, 0.25) is 0 Å². The fourth-order valence-electron chi connectivity index (χ4n) is 3.78. The molecule has 0 spiro atoms. The zero-order chi connectivity index (χ0) is 13.1. The Kier molecular flexibility index (Phi) is 5.08. The maximum atomic E-state index is 3.74. The smallest absolute Gasteiger partial charge is 0.0218 e. The van der Waals surface area contributed by atoms with Gasteiger partial charge in [-0.15, -0.1) is 0 Å². The standard InChI is InChI=1S/C16H32N2/c1-5-15-9-17-16(12(2)3)11-18(15)10-14-7-6-13(4)8-14/h12-17H,5-11H2,1-4H3. The predicted molar refractivity (Wildman–Crippen MR) is 78.8 cm³/mol. The first-order valence-corrected chi connectivity index (χ1v) is 8.07. The van der Waals surface area contributed by atoms with E-state index in [1.807, 2.05) is 0 Å². The second kappa shape index (κ2) is 6.38. The van der Waals surface area contributed by atoms with Gasteiger partial charge in [-0.2, -0.15) is 0 Å². The Hall–Kier alpha value is -0.0800. The molecule has 2 fully saturated rings. The van der Waals surface area contributed by atoms with E-state index in [2.05, 4.69) is 37.9 Å². The van der Waals surface area contributed by atoms with Crippen LogP contribution in [0.3, 0.4) is 0 Å². The van der Waals surface area contributed by atoms with Crippen molar-refractivity contribution < 1.29 is 0 Å². The van der Waals surface area contributed by atoms with Gasteiger partial charge in [-0.1, -0.05) is 34.1 Å². The molecule has 106 valence electrons. The molecule has 0 bridgehead atoms. The highest BCUT2D eigenvalue weighted by molar-refractivity contribution is 4.89. The average Bonchev–Trinajstić information content (AvgIpc) is 2.74. The maximum Gasteiger partial charge on any atom is 0.0218 e. The molecule has 2 rings (SSSR count). The summed E-state index contributed by atoms with van der Waals surface area (Å²) in [6, 6.07) is 1.47. The fraction of sp³-hybridized carbons (Fsp3) is 1.00. The molecule has 0 radical (unpaired) electrons. The molecule has 0 amide bonds. The fourth-order valence-corrected chi connectivity index (χ4v) is 3.78. The van der Waals surface area contributed by atoms with Crippen LogP contribution >= 0.6 is 0 Å². The summed E-state index contributed by atoms with van der Waals surface area (Å²) in [7, 11) is 0. The molecule has 0 aromatic carbocycles. The maximum absolute atomic E-state index is 3.74. The Labute approximate surface area is 114 Å². The normalized spacial score (nSPS) is 38.5. The molecule has 2 heteroatoms. The van der Waals surface area contributed by atoms with E-state index in [0.29, 0.717) is 6.04 Å². The molecule has 0 aromatic rings. The van der Waals surface area contributed by atoms with Crippen molar-refractivity contribution in [2.45, 2.75) is 65.5 Å². The second-order valence-electron chi connectivity index (χ2n) is 7.06. The van der Waals surface area contributed by atoms with Crippen LogP contribution in [0.15, 0.2) is 0 Å². The molecule has 1 heterocycles. The van der Waals surface area contributed by atoms with E-state index in [9.17, 15) is 0 Å². The highest BCUT2D eigenvalue weighted by Crippen LogP contribution is 2.32. The van der Waals surface area contributed by atoms with Gasteiger partial charge in [-0.25, -0.2) is 0 Å². The monoisotopic (exact) mass is 252 g/mol. The first-order valence-electron chi connectivity index (χ1n) is 8.07. The van der Waals surface area contributed by atoms with Gasteiger partial charge in [-0.05, 0) is 37.0 Å². The zero-order valence-corrected chi connectivity index (χ0v) is 12.8. The SMILES string of the molecule is CCC1CNC(C(C)C)CN1CC1CCC(C)C1. The van der Waals surface area contributed by atoms with Crippen LogP contribution in [0.5, 0.6) is 0 Å². The van der Waals surface area contributed by atoms with Crippen LogP contribution in [0.2, 0.25) is 0 Å². The molecule has 18 heavy (non-hydrogen) atoms. The van der Waals surface area contributed by atoms with Crippen molar-refractivity contribution in [1.29, 1.82) is 0 Å². The topological polar surface area (TPSA) is 15.3 Å². The summed E-state index contributed by atoms with van der Waals surface area (Å²) >= 11 is 0. The summed E-state index contributed by atoms with van der Waals surface area (Å²) in [5, 5.41) is 3.74. The van der Waals surface area contributed by atoms with Gasteiger partial charge in [0.15, 0.2) is 0 Å². The minimum atomic E-state index is 0.701. The van der Waals surface area contributed by atoms with E-state index < -0.39 is 0 Å². The van der Waals surface area contributed by atoms with Gasteiger partial charge < -0.3 is 5.32 Å². The number of nitrogens with zero attached hydrogens (tertiary/aromatic N) is 1. The molecule has 2 nitrogen and oxygen atoms in total. The number of hydrogen-bond acceptors (Lipinski definition) is 2. The molecular weight excluding hydrogens is 220 g/mol. The van der Waals surface area contributed by atoms with E-state index in [1.165, 1.54) is 45.3 Å². The van der Waals surface area contributed by atoms with E-state index in [1.54, 1.807) is 0 Å². The second-order valence-corrected chi connectivity index (χ2v) is 7.06. The average molecular weight is 252 g/mol. The molecule has 4 unspecified atom stereocenters. The van der Waals surface area contributed by atoms with Crippen molar-refractivity contribution in [3.05, 3.63) is 0 Å². The van der Waals surface area contributed by atoms with Crippen LogP contribution < -0.4 is 5.32 Å². The molecule has 1 saturated heterocycles. The van der Waals surface area contributed by atoms with Crippen molar-refractivity contribution >= 4 is 0 Å². The number of rotatable bonds is 4. The van der Waals surface area contributed by atoms with Gasteiger partial charge in [0.1, 0.15) is 0 Å². The van der Waals surface area contributed by atoms with E-state index in [4.69, 9.17) is 0 Å². The van der Waals surface area contributed by atoms with Gasteiger partial charge in [0.25, 0.3) is 0 Å². The Bertz CT molecular complexity index is 251. The molecular formula is C16H32N2. The molecule has 1 aliphatic heterocycles. The van der Waals surface area contributed by atoms with E-state index in [-0.39, 0.29) is 0 Å². The first kappa shape index (κ1) is 14.3. The lowest BCUT2D eigenvalue weighted by atomic mass is 9.96. The van der Waals surface area contributed by atoms with Crippen LogP contribution in [-0.4, -0.2) is 36.6 Å². The largest absolute Gasteiger partial charge is 0.311 e. The lowest BCUT2D eigenvalue weighted by Gasteiger charge is -2.42. The molecule has 1 N–H and O–H groups in total. The Morgan fingerprint density at radius 1 is 1.28 bits per heavy atom. The highest BCUT2D eigenvalue weighted by Gasteiger charge is 2.31. The van der Waals surface area contributed by atoms with Gasteiger partial charge in [0, 0.05) is 31.7 Å². The summed E-state index contributed by atoms with van der Waals surface area (Å²) in [5.74, 6) is 2.70. The van der Waals surface area contributed by atoms with Crippen molar-refractivity contribution in [1.82, 2.24) is 10.2 Å². The molecule has 0 aromatic heterocycles. The molecule has 1 aliphatic carbocycles.